The first-order chi connectivity index (χ1) is 8.13. The van der Waals surface area contributed by atoms with Crippen molar-refractivity contribution in [1.82, 2.24) is 5.32 Å². The summed E-state index contributed by atoms with van der Waals surface area (Å²) in [5.41, 5.74) is 0.727. The third-order valence-electron chi connectivity index (χ3n) is 2.64. The quantitative estimate of drug-likeness (QED) is 0.797. The maximum absolute atomic E-state index is 13.3. The number of nitrogens with one attached hydrogen (secondary N) is 1. The first kappa shape index (κ1) is 14.4. The normalized spacial score (nSPS) is 13.1. The lowest BCUT2D eigenvalue weighted by Crippen LogP contribution is -2.41. The smallest absolute Gasteiger partial charge is 0.172 e. The molecule has 1 atom stereocenters. The number of ether oxygens (including phenoxy) is 2. The molecule has 5 heteroatoms. The van der Waals surface area contributed by atoms with E-state index in [0.717, 1.165) is 5.56 Å². The molecule has 0 fully saturated rings. The van der Waals surface area contributed by atoms with Crippen molar-refractivity contribution in [1.29, 1.82) is 0 Å². The number of benzene rings is 1. The van der Waals surface area contributed by atoms with Gasteiger partial charge >= 0.3 is 0 Å². The largest absolute Gasteiger partial charge is 0.354 e. The number of rotatable bonds is 6. The van der Waals surface area contributed by atoms with Gasteiger partial charge in [-0.2, -0.15) is 0 Å². The minimum atomic E-state index is -0.412. The fourth-order valence-electron chi connectivity index (χ4n) is 1.70. The van der Waals surface area contributed by atoms with Crippen molar-refractivity contribution in [3.63, 3.8) is 0 Å². The molecular weight excluding hydrogens is 245 g/mol. The maximum atomic E-state index is 13.3. The minimum absolute atomic E-state index is 0.0932. The second kappa shape index (κ2) is 6.91. The molecule has 0 aliphatic carbocycles. The molecule has 1 unspecified atom stereocenters. The van der Waals surface area contributed by atoms with Gasteiger partial charge in [-0.1, -0.05) is 23.7 Å². The van der Waals surface area contributed by atoms with Gasteiger partial charge in [0.1, 0.15) is 5.82 Å². The molecule has 0 spiro atoms. The van der Waals surface area contributed by atoms with Crippen molar-refractivity contribution in [2.75, 3.05) is 21.3 Å². The Labute approximate surface area is 106 Å². The SMILES string of the molecule is CNC(Cc1cccc(F)c1Cl)C(OC)OC. The Morgan fingerprint density at radius 2 is 2.00 bits per heavy atom. The Kier molecular flexibility index (Phi) is 5.85. The number of halogens is 2. The second-order valence-corrected chi connectivity index (χ2v) is 4.03. The second-order valence-electron chi connectivity index (χ2n) is 3.65. The van der Waals surface area contributed by atoms with Gasteiger partial charge in [-0.15, -0.1) is 0 Å². The topological polar surface area (TPSA) is 30.5 Å². The van der Waals surface area contributed by atoms with Gasteiger partial charge in [-0.25, -0.2) is 4.39 Å². The number of hydrogen-bond acceptors (Lipinski definition) is 3. The van der Waals surface area contributed by atoms with Crippen LogP contribution in [0.4, 0.5) is 4.39 Å². The molecule has 1 N–H and O–H groups in total. The Hall–Kier alpha value is -0.680. The van der Waals surface area contributed by atoms with Crippen molar-refractivity contribution in [2.24, 2.45) is 0 Å². The summed E-state index contributed by atoms with van der Waals surface area (Å²) in [6, 6.07) is 4.67. The molecule has 0 aromatic heterocycles. The Morgan fingerprint density at radius 1 is 1.35 bits per heavy atom. The lowest BCUT2D eigenvalue weighted by atomic mass is 10.1. The van der Waals surface area contributed by atoms with Gasteiger partial charge in [0, 0.05) is 14.2 Å². The molecule has 1 aromatic rings. The van der Waals surface area contributed by atoms with Gasteiger partial charge in [-0.3, -0.25) is 0 Å². The monoisotopic (exact) mass is 261 g/mol. The van der Waals surface area contributed by atoms with Crippen molar-refractivity contribution in [3.8, 4) is 0 Å². The Bertz CT molecular complexity index is 358. The molecule has 17 heavy (non-hydrogen) atoms. The predicted molar refractivity (Wildman–Crippen MR) is 65.8 cm³/mol. The highest BCUT2D eigenvalue weighted by molar-refractivity contribution is 6.31. The Balaban J connectivity index is 2.83. The molecule has 1 rings (SSSR count). The lowest BCUT2D eigenvalue weighted by molar-refractivity contribution is -0.121. The summed E-state index contributed by atoms with van der Waals surface area (Å²) >= 11 is 5.90. The highest BCUT2D eigenvalue weighted by Gasteiger charge is 2.21. The van der Waals surface area contributed by atoms with Crippen molar-refractivity contribution in [3.05, 3.63) is 34.6 Å². The fourth-order valence-corrected chi connectivity index (χ4v) is 1.91. The third kappa shape index (κ3) is 3.64. The molecule has 0 radical (unpaired) electrons. The van der Waals surface area contributed by atoms with E-state index in [1.165, 1.54) is 6.07 Å². The van der Waals surface area contributed by atoms with Crippen LogP contribution in [0.5, 0.6) is 0 Å². The number of likely N-dealkylation sites (N-methyl/N-ethyl adjacent to an activating group) is 1. The molecular formula is C12H17ClFNO2. The molecule has 0 bridgehead atoms. The van der Waals surface area contributed by atoms with Gasteiger partial charge in [0.25, 0.3) is 0 Å². The molecule has 96 valence electrons. The third-order valence-corrected chi connectivity index (χ3v) is 3.06. The van der Waals surface area contributed by atoms with E-state index in [4.69, 9.17) is 21.1 Å². The summed E-state index contributed by atoms with van der Waals surface area (Å²) < 4.78 is 23.6. The molecule has 1 aromatic carbocycles. The zero-order valence-electron chi connectivity index (χ0n) is 10.2. The average Bonchev–Trinajstić information content (AvgIpc) is 2.34. The summed E-state index contributed by atoms with van der Waals surface area (Å²) in [7, 11) is 4.92. The zero-order chi connectivity index (χ0) is 12.8. The van der Waals surface area contributed by atoms with Crippen LogP contribution in [-0.2, 0) is 15.9 Å². The zero-order valence-corrected chi connectivity index (χ0v) is 10.9. The van der Waals surface area contributed by atoms with Crippen LogP contribution in [0, 0.1) is 5.82 Å². The van der Waals surface area contributed by atoms with E-state index >= 15 is 0 Å². The molecule has 0 heterocycles. The van der Waals surface area contributed by atoms with Crippen LogP contribution in [0.3, 0.4) is 0 Å². The Morgan fingerprint density at radius 3 is 2.53 bits per heavy atom. The molecule has 0 aliphatic heterocycles. The highest BCUT2D eigenvalue weighted by Crippen LogP contribution is 2.21. The summed E-state index contributed by atoms with van der Waals surface area (Å²) in [4.78, 5) is 0. The molecule has 0 saturated carbocycles. The van der Waals surface area contributed by atoms with Crippen LogP contribution in [0.2, 0.25) is 5.02 Å². The highest BCUT2D eigenvalue weighted by atomic mass is 35.5. The van der Waals surface area contributed by atoms with Gasteiger partial charge in [0.15, 0.2) is 6.29 Å². The van der Waals surface area contributed by atoms with E-state index in [0.29, 0.717) is 6.42 Å². The van der Waals surface area contributed by atoms with E-state index in [1.54, 1.807) is 33.4 Å². The number of methoxy groups -OCH3 is 2. The fraction of sp³-hybridized carbons (Fsp3) is 0.500. The van der Waals surface area contributed by atoms with Crippen LogP contribution < -0.4 is 5.32 Å². The first-order valence-electron chi connectivity index (χ1n) is 5.29. The predicted octanol–water partition coefficient (Wildman–Crippen LogP) is 2.23. The molecule has 0 amide bonds. The summed E-state index contributed by atoms with van der Waals surface area (Å²) in [5, 5.41) is 3.22. The van der Waals surface area contributed by atoms with Crippen LogP contribution in [-0.4, -0.2) is 33.6 Å². The summed E-state index contributed by atoms with van der Waals surface area (Å²) in [5.74, 6) is -0.412. The molecule has 0 saturated heterocycles. The van der Waals surface area contributed by atoms with Crippen LogP contribution in [0.1, 0.15) is 5.56 Å². The number of hydrogen-bond donors (Lipinski definition) is 1. The van der Waals surface area contributed by atoms with Gasteiger partial charge in [0.05, 0.1) is 11.1 Å². The van der Waals surface area contributed by atoms with Crippen LogP contribution in [0.25, 0.3) is 0 Å². The van der Waals surface area contributed by atoms with Crippen molar-refractivity contribution in [2.45, 2.75) is 18.8 Å². The van der Waals surface area contributed by atoms with E-state index in [9.17, 15) is 4.39 Å². The van der Waals surface area contributed by atoms with E-state index < -0.39 is 12.1 Å². The van der Waals surface area contributed by atoms with Crippen LogP contribution in [0.15, 0.2) is 18.2 Å². The van der Waals surface area contributed by atoms with Gasteiger partial charge < -0.3 is 14.8 Å². The first-order valence-corrected chi connectivity index (χ1v) is 5.67. The summed E-state index contributed by atoms with van der Waals surface area (Å²) in [6.07, 6.45) is 0.124. The van der Waals surface area contributed by atoms with Gasteiger partial charge in [-0.05, 0) is 25.1 Å². The standard InChI is InChI=1S/C12H17ClFNO2/c1-15-10(12(16-2)17-3)7-8-5-4-6-9(14)11(8)13/h4-6,10,12,15H,7H2,1-3H3. The summed E-state index contributed by atoms with van der Waals surface area (Å²) in [6.45, 7) is 0. The lowest BCUT2D eigenvalue weighted by Gasteiger charge is -2.24. The minimum Gasteiger partial charge on any atom is -0.354 e. The van der Waals surface area contributed by atoms with Crippen molar-refractivity contribution < 1.29 is 13.9 Å². The van der Waals surface area contributed by atoms with E-state index in [2.05, 4.69) is 5.32 Å². The van der Waals surface area contributed by atoms with E-state index in [-0.39, 0.29) is 11.1 Å². The molecule has 0 aliphatic rings. The maximum Gasteiger partial charge on any atom is 0.172 e. The molecule has 3 nitrogen and oxygen atoms in total. The average molecular weight is 262 g/mol. The van der Waals surface area contributed by atoms with Crippen molar-refractivity contribution >= 4 is 11.6 Å². The van der Waals surface area contributed by atoms with Gasteiger partial charge in [0.2, 0.25) is 0 Å². The van der Waals surface area contributed by atoms with Crippen LogP contribution >= 0.6 is 11.6 Å². The van der Waals surface area contributed by atoms with E-state index in [1.807, 2.05) is 0 Å².